The van der Waals surface area contributed by atoms with E-state index < -0.39 is 0 Å². The third kappa shape index (κ3) is 8.55. The molecule has 1 aliphatic heterocycles. The van der Waals surface area contributed by atoms with Gasteiger partial charge in [0, 0.05) is 13.2 Å². The van der Waals surface area contributed by atoms with E-state index in [9.17, 15) is 0 Å². The fourth-order valence-electron chi connectivity index (χ4n) is 1.65. The van der Waals surface area contributed by atoms with Crippen LogP contribution in [0.25, 0.3) is 0 Å². The smallest absolute Gasteiger partial charge is 0.157 e. The van der Waals surface area contributed by atoms with Crippen molar-refractivity contribution in [2.24, 2.45) is 0 Å². The van der Waals surface area contributed by atoms with Crippen molar-refractivity contribution in [1.29, 1.82) is 0 Å². The second-order valence-corrected chi connectivity index (χ2v) is 4.25. The Morgan fingerprint density at radius 2 is 1.76 bits per heavy atom. The van der Waals surface area contributed by atoms with E-state index in [1.807, 2.05) is 0 Å². The maximum atomic E-state index is 5.54. The van der Waals surface area contributed by atoms with Gasteiger partial charge in [-0.05, 0) is 25.7 Å². The molecule has 0 aromatic rings. The molecule has 17 heavy (non-hydrogen) atoms. The van der Waals surface area contributed by atoms with E-state index >= 15 is 0 Å². The molecule has 1 heterocycles. The van der Waals surface area contributed by atoms with E-state index in [1.165, 1.54) is 12.8 Å². The average molecular weight is 246 g/mol. The molecule has 0 spiro atoms. The van der Waals surface area contributed by atoms with Gasteiger partial charge in [0.15, 0.2) is 6.29 Å². The molecule has 1 aliphatic rings. The summed E-state index contributed by atoms with van der Waals surface area (Å²) in [7, 11) is 0. The van der Waals surface area contributed by atoms with Crippen LogP contribution in [0, 0.1) is 0 Å². The highest BCUT2D eigenvalue weighted by Gasteiger charge is 2.13. The van der Waals surface area contributed by atoms with Crippen LogP contribution in [-0.4, -0.2) is 45.9 Å². The first kappa shape index (κ1) is 14.9. The predicted octanol–water partition coefficient (Wildman–Crippen LogP) is 2.36. The minimum Gasteiger partial charge on any atom is -0.379 e. The van der Waals surface area contributed by atoms with Crippen molar-refractivity contribution >= 4 is 0 Å². The summed E-state index contributed by atoms with van der Waals surface area (Å²) in [6.45, 7) is 6.39. The van der Waals surface area contributed by atoms with Crippen molar-refractivity contribution in [1.82, 2.24) is 0 Å². The Kier molecular flexibility index (Phi) is 9.61. The molecule has 1 saturated heterocycles. The predicted molar refractivity (Wildman–Crippen MR) is 66.1 cm³/mol. The van der Waals surface area contributed by atoms with E-state index in [1.54, 1.807) is 0 Å². The van der Waals surface area contributed by atoms with E-state index in [4.69, 9.17) is 18.9 Å². The summed E-state index contributed by atoms with van der Waals surface area (Å²) < 4.78 is 21.8. The molecule has 0 radical (unpaired) electrons. The van der Waals surface area contributed by atoms with E-state index in [0.29, 0.717) is 26.4 Å². The second-order valence-electron chi connectivity index (χ2n) is 4.25. The van der Waals surface area contributed by atoms with Gasteiger partial charge in [-0.2, -0.15) is 0 Å². The van der Waals surface area contributed by atoms with Crippen LogP contribution < -0.4 is 0 Å². The minimum atomic E-state index is -0.00634. The molecule has 102 valence electrons. The van der Waals surface area contributed by atoms with Gasteiger partial charge in [-0.1, -0.05) is 13.3 Å². The molecule has 0 N–H and O–H groups in total. The van der Waals surface area contributed by atoms with Gasteiger partial charge in [-0.3, -0.25) is 0 Å². The van der Waals surface area contributed by atoms with Crippen LogP contribution in [0.2, 0.25) is 0 Å². The Balaban J connectivity index is 1.75. The lowest BCUT2D eigenvalue weighted by molar-refractivity contribution is -0.169. The molecule has 0 bridgehead atoms. The van der Waals surface area contributed by atoms with Crippen LogP contribution in [0.1, 0.15) is 39.0 Å². The molecule has 1 unspecified atom stereocenters. The summed E-state index contributed by atoms with van der Waals surface area (Å²) in [4.78, 5) is 0. The van der Waals surface area contributed by atoms with Gasteiger partial charge in [-0.25, -0.2) is 0 Å². The highest BCUT2D eigenvalue weighted by molar-refractivity contribution is 4.53. The number of ether oxygens (including phenoxy) is 4. The Labute approximate surface area is 105 Å². The molecule has 0 amide bonds. The number of hydrogen-bond donors (Lipinski definition) is 0. The van der Waals surface area contributed by atoms with Crippen molar-refractivity contribution < 1.29 is 18.9 Å². The van der Waals surface area contributed by atoms with Crippen molar-refractivity contribution in [3.05, 3.63) is 0 Å². The lowest BCUT2D eigenvalue weighted by atomic mass is 10.2. The topological polar surface area (TPSA) is 36.9 Å². The third-order valence-corrected chi connectivity index (χ3v) is 2.68. The lowest BCUT2D eigenvalue weighted by Crippen LogP contribution is -2.24. The van der Waals surface area contributed by atoms with Crippen LogP contribution >= 0.6 is 0 Å². The summed E-state index contributed by atoms with van der Waals surface area (Å²) in [5.41, 5.74) is 0. The largest absolute Gasteiger partial charge is 0.379 e. The number of unbranched alkanes of at least 4 members (excludes halogenated alkanes) is 1. The Morgan fingerprint density at radius 3 is 2.47 bits per heavy atom. The summed E-state index contributed by atoms with van der Waals surface area (Å²) in [6.07, 6.45) is 5.67. The van der Waals surface area contributed by atoms with Crippen LogP contribution in [0.5, 0.6) is 0 Å². The fourth-order valence-corrected chi connectivity index (χ4v) is 1.65. The van der Waals surface area contributed by atoms with Crippen molar-refractivity contribution in [3.63, 3.8) is 0 Å². The van der Waals surface area contributed by atoms with Crippen molar-refractivity contribution in [2.45, 2.75) is 45.3 Å². The normalized spacial score (nSPS) is 20.6. The molecular formula is C13H26O4. The van der Waals surface area contributed by atoms with Crippen LogP contribution in [0.15, 0.2) is 0 Å². The first-order chi connectivity index (χ1) is 8.43. The van der Waals surface area contributed by atoms with Gasteiger partial charge >= 0.3 is 0 Å². The maximum Gasteiger partial charge on any atom is 0.157 e. The van der Waals surface area contributed by atoms with Gasteiger partial charge in [0.05, 0.1) is 26.4 Å². The van der Waals surface area contributed by atoms with Crippen LogP contribution in [0.4, 0.5) is 0 Å². The molecule has 0 aromatic carbocycles. The quantitative estimate of drug-likeness (QED) is 0.555. The minimum absolute atomic E-state index is 0.00634. The molecule has 0 aliphatic carbocycles. The number of rotatable bonds is 10. The highest BCUT2D eigenvalue weighted by Crippen LogP contribution is 2.13. The maximum absolute atomic E-state index is 5.54. The van der Waals surface area contributed by atoms with Crippen molar-refractivity contribution in [2.75, 3.05) is 39.6 Å². The Hall–Kier alpha value is -0.160. The van der Waals surface area contributed by atoms with Gasteiger partial charge in [0.25, 0.3) is 0 Å². The summed E-state index contributed by atoms with van der Waals surface area (Å²) in [5, 5.41) is 0. The first-order valence-electron chi connectivity index (χ1n) is 6.82. The second kappa shape index (κ2) is 11.0. The monoisotopic (exact) mass is 246 g/mol. The van der Waals surface area contributed by atoms with E-state index in [2.05, 4.69) is 6.92 Å². The summed E-state index contributed by atoms with van der Waals surface area (Å²) in [6, 6.07) is 0. The first-order valence-corrected chi connectivity index (χ1v) is 6.82. The Bertz CT molecular complexity index is 157. The SMILES string of the molecule is CCCCOCCOCCOC1CCCCO1. The molecule has 0 aromatic heterocycles. The zero-order valence-electron chi connectivity index (χ0n) is 11.0. The molecule has 4 heteroatoms. The fraction of sp³-hybridized carbons (Fsp3) is 1.00. The molecule has 1 rings (SSSR count). The molecular weight excluding hydrogens is 220 g/mol. The zero-order chi connectivity index (χ0) is 12.2. The molecule has 1 atom stereocenters. The third-order valence-electron chi connectivity index (χ3n) is 2.68. The van der Waals surface area contributed by atoms with Gasteiger partial charge in [0.2, 0.25) is 0 Å². The van der Waals surface area contributed by atoms with E-state index in [0.717, 1.165) is 32.5 Å². The summed E-state index contributed by atoms with van der Waals surface area (Å²) >= 11 is 0. The molecule has 4 nitrogen and oxygen atoms in total. The number of hydrogen-bond acceptors (Lipinski definition) is 4. The summed E-state index contributed by atoms with van der Waals surface area (Å²) in [5.74, 6) is 0. The van der Waals surface area contributed by atoms with Crippen molar-refractivity contribution in [3.8, 4) is 0 Å². The molecule has 0 saturated carbocycles. The van der Waals surface area contributed by atoms with Gasteiger partial charge in [0.1, 0.15) is 0 Å². The molecule has 1 fully saturated rings. The average Bonchev–Trinajstić information content (AvgIpc) is 2.38. The highest BCUT2D eigenvalue weighted by atomic mass is 16.7. The standard InChI is InChI=1S/C13H26O4/c1-2-3-7-14-9-10-15-11-12-17-13-6-4-5-8-16-13/h13H,2-12H2,1H3. The van der Waals surface area contributed by atoms with Gasteiger partial charge < -0.3 is 18.9 Å². The van der Waals surface area contributed by atoms with E-state index in [-0.39, 0.29) is 6.29 Å². The lowest BCUT2D eigenvalue weighted by Gasteiger charge is -2.22. The zero-order valence-corrected chi connectivity index (χ0v) is 11.0. The van der Waals surface area contributed by atoms with Gasteiger partial charge in [-0.15, -0.1) is 0 Å². The van der Waals surface area contributed by atoms with Crippen LogP contribution in [0.3, 0.4) is 0 Å². The van der Waals surface area contributed by atoms with Crippen LogP contribution in [-0.2, 0) is 18.9 Å². The Morgan fingerprint density at radius 1 is 1.00 bits per heavy atom.